The second-order valence-corrected chi connectivity index (χ2v) is 5.68. The Morgan fingerprint density at radius 1 is 1.21 bits per heavy atom. The van der Waals surface area contributed by atoms with Gasteiger partial charge in [0.1, 0.15) is 25.2 Å². The third-order valence-electron chi connectivity index (χ3n) is 3.69. The molecule has 0 bridgehead atoms. The number of rotatable bonds is 10. The molecule has 0 aliphatic heterocycles. The minimum absolute atomic E-state index is 0.0319. The molecule has 28 heavy (non-hydrogen) atoms. The summed E-state index contributed by atoms with van der Waals surface area (Å²) >= 11 is 0. The molecule has 0 saturated heterocycles. The van der Waals surface area contributed by atoms with E-state index in [9.17, 15) is 10.1 Å². The van der Waals surface area contributed by atoms with Crippen LogP contribution in [-0.2, 0) is 0 Å². The highest BCUT2D eigenvalue weighted by Crippen LogP contribution is 2.33. The Kier molecular flexibility index (Phi) is 7.49. The molecule has 10 nitrogen and oxygen atoms in total. The van der Waals surface area contributed by atoms with Gasteiger partial charge in [0.05, 0.1) is 23.7 Å². The van der Waals surface area contributed by atoms with Gasteiger partial charge in [0.25, 0.3) is 0 Å². The first-order valence-corrected chi connectivity index (χ1v) is 8.58. The smallest absolute Gasteiger partial charge is 0.353 e. The Hall–Kier alpha value is -3.92. The monoisotopic (exact) mass is 381 g/mol. The van der Waals surface area contributed by atoms with Gasteiger partial charge in [0, 0.05) is 5.69 Å². The summed E-state index contributed by atoms with van der Waals surface area (Å²) in [7, 11) is 0. The highest BCUT2D eigenvalue weighted by Gasteiger charge is 2.27. The number of unbranched alkanes of at least 4 members (excludes halogenated alkanes) is 1. The molecule has 1 aromatic carbocycles. The van der Waals surface area contributed by atoms with Gasteiger partial charge in [-0.3, -0.25) is 10.1 Å². The van der Waals surface area contributed by atoms with Crippen LogP contribution in [0.1, 0.15) is 19.8 Å². The van der Waals surface area contributed by atoms with Crippen LogP contribution in [-0.4, -0.2) is 34.6 Å². The van der Waals surface area contributed by atoms with E-state index in [-0.39, 0.29) is 24.7 Å². The van der Waals surface area contributed by atoms with E-state index in [1.807, 2.05) is 12.1 Å². The Labute approximate surface area is 162 Å². The highest BCUT2D eigenvalue weighted by molar-refractivity contribution is 5.74. The van der Waals surface area contributed by atoms with Crippen LogP contribution in [0.15, 0.2) is 30.6 Å². The van der Waals surface area contributed by atoms with Crippen molar-refractivity contribution in [3.8, 4) is 17.9 Å². The molecule has 2 rings (SSSR count). The number of nitro groups is 1. The zero-order valence-electron chi connectivity index (χ0n) is 15.3. The summed E-state index contributed by atoms with van der Waals surface area (Å²) < 4.78 is 5.59. The number of hydrogen-bond donors (Lipinski definition) is 1. The first kappa shape index (κ1) is 20.4. The Morgan fingerprint density at radius 2 is 1.89 bits per heavy atom. The molecule has 10 heteroatoms. The van der Waals surface area contributed by atoms with Gasteiger partial charge in [0.15, 0.2) is 0 Å². The maximum Gasteiger partial charge on any atom is 0.353 e. The van der Waals surface area contributed by atoms with E-state index in [0.717, 1.165) is 19.2 Å². The van der Waals surface area contributed by atoms with E-state index in [1.165, 1.54) is 4.90 Å². The van der Waals surface area contributed by atoms with E-state index in [1.54, 1.807) is 24.3 Å². The molecule has 1 heterocycles. The van der Waals surface area contributed by atoms with Crippen LogP contribution in [0.3, 0.4) is 0 Å². The highest BCUT2D eigenvalue weighted by atomic mass is 16.6. The van der Waals surface area contributed by atoms with Crippen molar-refractivity contribution < 1.29 is 9.66 Å². The third-order valence-corrected chi connectivity index (χ3v) is 3.69. The summed E-state index contributed by atoms with van der Waals surface area (Å²) in [5, 5.41) is 32.3. The third kappa shape index (κ3) is 5.29. The first-order valence-electron chi connectivity index (χ1n) is 8.58. The number of nitrogens with one attached hydrogen (secondary N) is 1. The van der Waals surface area contributed by atoms with Gasteiger partial charge in [-0.2, -0.15) is 10.5 Å². The zero-order valence-corrected chi connectivity index (χ0v) is 15.3. The normalized spacial score (nSPS) is 9.82. The molecule has 144 valence electrons. The maximum atomic E-state index is 11.6. The van der Waals surface area contributed by atoms with E-state index in [4.69, 9.17) is 15.3 Å². The number of benzene rings is 1. The van der Waals surface area contributed by atoms with E-state index in [0.29, 0.717) is 18.0 Å². The van der Waals surface area contributed by atoms with Gasteiger partial charge >= 0.3 is 5.69 Å². The number of nitriles is 2. The van der Waals surface area contributed by atoms with Gasteiger partial charge in [-0.15, -0.1) is 0 Å². The largest absolute Gasteiger partial charge is 0.494 e. The van der Waals surface area contributed by atoms with Crippen molar-refractivity contribution in [3.05, 3.63) is 40.7 Å². The molecule has 2 aromatic rings. The summed E-state index contributed by atoms with van der Waals surface area (Å²) in [6.07, 6.45) is 3.14. The quantitative estimate of drug-likeness (QED) is 0.284. The number of nitrogens with zero attached hydrogens (tertiary/aromatic N) is 6. The minimum Gasteiger partial charge on any atom is -0.494 e. The molecule has 1 N–H and O–H groups in total. The van der Waals surface area contributed by atoms with E-state index < -0.39 is 10.6 Å². The van der Waals surface area contributed by atoms with Crippen LogP contribution in [0.4, 0.5) is 23.0 Å². The Bertz CT molecular complexity index is 872. The lowest BCUT2D eigenvalue weighted by atomic mass is 10.3. The lowest BCUT2D eigenvalue weighted by Crippen LogP contribution is -2.26. The SMILES string of the molecule is CCCCOc1ccc(Nc2ncnc(N(CC#N)CC#N)c2[N+](=O)[O-])cc1. The standard InChI is InChI=1S/C18H19N7O3/c1-2-3-12-28-15-6-4-14(5-7-15)23-17-16(25(26)27)18(22-13-21-17)24(10-8-19)11-9-20/h4-7,13H,2-3,10-12H2,1H3,(H,21,22,23). The van der Waals surface area contributed by atoms with Crippen LogP contribution in [0.25, 0.3) is 0 Å². The summed E-state index contributed by atoms with van der Waals surface area (Å²) in [4.78, 5) is 20.1. The summed E-state index contributed by atoms with van der Waals surface area (Å²) in [6, 6.07) is 10.7. The molecule has 0 aliphatic carbocycles. The van der Waals surface area contributed by atoms with Crippen molar-refractivity contribution in [2.24, 2.45) is 0 Å². The summed E-state index contributed by atoms with van der Waals surface area (Å²) in [5.74, 6) is 0.576. The lowest BCUT2D eigenvalue weighted by Gasteiger charge is -2.17. The van der Waals surface area contributed by atoms with Gasteiger partial charge in [-0.25, -0.2) is 9.97 Å². The van der Waals surface area contributed by atoms with Crippen molar-refractivity contribution in [2.75, 3.05) is 29.9 Å². The van der Waals surface area contributed by atoms with Crippen molar-refractivity contribution in [3.63, 3.8) is 0 Å². The van der Waals surface area contributed by atoms with Gasteiger partial charge in [0.2, 0.25) is 11.6 Å². The minimum atomic E-state index is -0.637. The molecule has 0 spiro atoms. The number of hydrogen-bond acceptors (Lipinski definition) is 9. The van der Waals surface area contributed by atoms with Crippen LogP contribution in [0.2, 0.25) is 0 Å². The van der Waals surface area contributed by atoms with Crippen LogP contribution >= 0.6 is 0 Å². The van der Waals surface area contributed by atoms with Crippen LogP contribution < -0.4 is 15.0 Å². The van der Waals surface area contributed by atoms with Crippen molar-refractivity contribution in [1.82, 2.24) is 9.97 Å². The van der Waals surface area contributed by atoms with Crippen molar-refractivity contribution >= 4 is 23.0 Å². The van der Waals surface area contributed by atoms with Crippen LogP contribution in [0, 0.1) is 32.8 Å². The average Bonchev–Trinajstić information content (AvgIpc) is 2.69. The summed E-state index contributed by atoms with van der Waals surface area (Å²) in [5.41, 5.74) is 0.166. The molecule has 0 aliphatic rings. The lowest BCUT2D eigenvalue weighted by molar-refractivity contribution is -0.383. The molecule has 0 radical (unpaired) electrons. The fraction of sp³-hybridized carbons (Fsp3) is 0.333. The van der Waals surface area contributed by atoms with Gasteiger partial charge < -0.3 is 15.0 Å². The van der Waals surface area contributed by atoms with Crippen molar-refractivity contribution in [1.29, 1.82) is 10.5 Å². The topological polar surface area (TPSA) is 141 Å². The molecule has 0 fully saturated rings. The Balaban J connectivity index is 2.28. The fourth-order valence-corrected chi connectivity index (χ4v) is 2.34. The Morgan fingerprint density at radius 3 is 2.46 bits per heavy atom. The average molecular weight is 381 g/mol. The van der Waals surface area contributed by atoms with E-state index in [2.05, 4.69) is 22.2 Å². The second kappa shape index (κ2) is 10.3. The molecular formula is C18H19N7O3. The predicted octanol–water partition coefficient (Wildman–Crippen LogP) is 3.16. The number of anilines is 3. The molecule has 0 saturated carbocycles. The number of aromatic nitrogens is 2. The first-order chi connectivity index (χ1) is 13.6. The molecule has 0 unspecified atom stereocenters. The zero-order chi connectivity index (χ0) is 20.4. The maximum absolute atomic E-state index is 11.6. The number of ether oxygens (including phenoxy) is 1. The van der Waals surface area contributed by atoms with Gasteiger partial charge in [-0.05, 0) is 30.7 Å². The molecule has 0 amide bonds. The van der Waals surface area contributed by atoms with E-state index >= 15 is 0 Å². The summed E-state index contributed by atoms with van der Waals surface area (Å²) in [6.45, 7) is 2.27. The molecule has 1 aromatic heterocycles. The molecular weight excluding hydrogens is 362 g/mol. The van der Waals surface area contributed by atoms with Gasteiger partial charge in [-0.1, -0.05) is 13.3 Å². The molecule has 0 atom stereocenters. The predicted molar refractivity (Wildman–Crippen MR) is 102 cm³/mol. The van der Waals surface area contributed by atoms with Crippen LogP contribution in [0.5, 0.6) is 5.75 Å². The fourth-order valence-electron chi connectivity index (χ4n) is 2.34. The van der Waals surface area contributed by atoms with Crippen molar-refractivity contribution in [2.45, 2.75) is 19.8 Å². The second-order valence-electron chi connectivity index (χ2n) is 5.68.